The third-order valence-electron chi connectivity index (χ3n) is 5.90. The summed E-state index contributed by atoms with van der Waals surface area (Å²) in [7, 11) is 0.237. The minimum atomic E-state index is -3.67. The number of thiazole rings is 1. The number of amides is 1. The highest BCUT2D eigenvalue weighted by Gasteiger charge is 2.32. The molecule has 0 bridgehead atoms. The van der Waals surface area contributed by atoms with E-state index in [0.717, 1.165) is 15.8 Å². The number of likely N-dealkylation sites (N-methyl/N-ethyl adjacent to an activating group) is 1. The van der Waals surface area contributed by atoms with E-state index < -0.39 is 10.0 Å². The first-order valence-electron chi connectivity index (χ1n) is 11.6. The molecule has 10 heteroatoms. The van der Waals surface area contributed by atoms with Crippen molar-refractivity contribution in [1.82, 2.24) is 14.2 Å². The van der Waals surface area contributed by atoms with Crippen molar-refractivity contribution in [3.63, 3.8) is 0 Å². The van der Waals surface area contributed by atoms with E-state index in [0.29, 0.717) is 36.9 Å². The lowest BCUT2D eigenvalue weighted by Crippen LogP contribution is -2.48. The van der Waals surface area contributed by atoms with Crippen LogP contribution in [0.2, 0.25) is 0 Å². The zero-order valence-electron chi connectivity index (χ0n) is 20.8. The molecule has 0 unspecified atom stereocenters. The molecule has 0 N–H and O–H groups in total. The van der Waals surface area contributed by atoms with Gasteiger partial charge in [-0.3, -0.25) is 9.69 Å². The number of nitrogens with zero attached hydrogens (tertiary/aromatic N) is 4. The van der Waals surface area contributed by atoms with Gasteiger partial charge in [-0.15, -0.1) is 0 Å². The molecule has 0 aliphatic carbocycles. The maximum absolute atomic E-state index is 13.5. The highest BCUT2D eigenvalue weighted by Crippen LogP contribution is 2.31. The number of ether oxygens (including phenoxy) is 1. The normalized spacial score (nSPS) is 19.4. The van der Waals surface area contributed by atoms with E-state index in [4.69, 9.17) is 9.72 Å². The van der Waals surface area contributed by atoms with Crippen molar-refractivity contribution in [2.24, 2.45) is 0 Å². The van der Waals surface area contributed by atoms with Gasteiger partial charge in [-0.05, 0) is 76.8 Å². The standard InChI is InChI=1S/C25H32N4O4S2/c1-17-6-11-22-23(14-17)34-25(26-22)29(13-12-27(4)5)24(30)20-7-9-21(10-8-20)35(31,32)28-15-18(2)33-19(3)16-28/h6-11,14,18-19H,12-13,15-16H2,1-5H3/t18-,19-/m1/s1. The first kappa shape index (κ1) is 25.7. The molecule has 188 valence electrons. The van der Waals surface area contributed by atoms with Crippen LogP contribution in [0, 0.1) is 6.92 Å². The van der Waals surface area contributed by atoms with Gasteiger partial charge < -0.3 is 9.64 Å². The highest BCUT2D eigenvalue weighted by atomic mass is 32.2. The van der Waals surface area contributed by atoms with Crippen LogP contribution < -0.4 is 4.90 Å². The maximum Gasteiger partial charge on any atom is 0.260 e. The maximum atomic E-state index is 13.5. The molecule has 0 spiro atoms. The Morgan fingerprint density at radius 3 is 2.37 bits per heavy atom. The molecule has 2 heterocycles. The summed E-state index contributed by atoms with van der Waals surface area (Å²) in [5, 5.41) is 0.630. The van der Waals surface area contributed by atoms with E-state index in [1.165, 1.54) is 27.8 Å². The van der Waals surface area contributed by atoms with Gasteiger partial charge in [0.05, 0.1) is 27.3 Å². The van der Waals surface area contributed by atoms with Crippen LogP contribution in [-0.4, -0.2) is 81.0 Å². The molecule has 1 aromatic heterocycles. The number of carbonyl (C=O) groups excluding carboxylic acids is 1. The Kier molecular flexibility index (Phi) is 7.58. The molecule has 8 nitrogen and oxygen atoms in total. The van der Waals surface area contributed by atoms with Crippen molar-refractivity contribution in [2.45, 2.75) is 37.9 Å². The predicted molar refractivity (Wildman–Crippen MR) is 140 cm³/mol. The van der Waals surface area contributed by atoms with E-state index in [-0.39, 0.29) is 23.0 Å². The number of carbonyl (C=O) groups is 1. The average Bonchev–Trinajstić information content (AvgIpc) is 3.21. The molecule has 2 atom stereocenters. The summed E-state index contributed by atoms with van der Waals surface area (Å²) in [6, 6.07) is 12.2. The molecule has 2 aromatic carbocycles. The largest absolute Gasteiger partial charge is 0.373 e. The molecule has 4 rings (SSSR count). The lowest BCUT2D eigenvalue weighted by molar-refractivity contribution is -0.0440. The fourth-order valence-electron chi connectivity index (χ4n) is 4.12. The number of aromatic nitrogens is 1. The quantitative estimate of drug-likeness (QED) is 0.477. The molecular weight excluding hydrogens is 484 g/mol. The number of sulfonamides is 1. The number of anilines is 1. The van der Waals surface area contributed by atoms with Crippen LogP contribution in [0.5, 0.6) is 0 Å². The second-order valence-corrected chi connectivity index (χ2v) is 12.3. The fraction of sp³-hybridized carbons (Fsp3) is 0.440. The highest BCUT2D eigenvalue weighted by molar-refractivity contribution is 7.89. The van der Waals surface area contributed by atoms with Crippen molar-refractivity contribution in [2.75, 3.05) is 45.2 Å². The predicted octanol–water partition coefficient (Wildman–Crippen LogP) is 3.61. The fourth-order valence-corrected chi connectivity index (χ4v) is 6.80. The monoisotopic (exact) mass is 516 g/mol. The first-order valence-corrected chi connectivity index (χ1v) is 13.9. The molecule has 1 aliphatic heterocycles. The zero-order chi connectivity index (χ0) is 25.3. The number of fused-ring (bicyclic) bond motifs is 1. The molecule has 1 saturated heterocycles. The van der Waals surface area contributed by atoms with Gasteiger partial charge in [0.2, 0.25) is 10.0 Å². The minimum absolute atomic E-state index is 0.169. The van der Waals surface area contributed by atoms with E-state index in [9.17, 15) is 13.2 Å². The molecule has 1 fully saturated rings. The molecule has 1 aliphatic rings. The zero-order valence-corrected chi connectivity index (χ0v) is 22.4. The number of rotatable bonds is 7. The second-order valence-electron chi connectivity index (χ2n) is 9.33. The summed E-state index contributed by atoms with van der Waals surface area (Å²) in [6.45, 7) is 7.51. The number of morpholine rings is 1. The Balaban J connectivity index is 1.60. The number of hydrogen-bond donors (Lipinski definition) is 0. The van der Waals surface area contributed by atoms with Crippen molar-refractivity contribution >= 4 is 42.6 Å². The summed E-state index contributed by atoms with van der Waals surface area (Å²) in [4.78, 5) is 22.1. The SMILES string of the molecule is Cc1ccc2nc(N(CCN(C)C)C(=O)c3ccc(S(=O)(=O)N4C[C@@H](C)O[C@H](C)C4)cc3)sc2c1. The van der Waals surface area contributed by atoms with Gasteiger partial charge in [-0.1, -0.05) is 17.4 Å². The molecule has 35 heavy (non-hydrogen) atoms. The van der Waals surface area contributed by atoms with Gasteiger partial charge >= 0.3 is 0 Å². The molecule has 0 radical (unpaired) electrons. The van der Waals surface area contributed by atoms with Crippen molar-refractivity contribution in [3.8, 4) is 0 Å². The Morgan fingerprint density at radius 1 is 1.09 bits per heavy atom. The molecular formula is C25H32N4O4S2. The van der Waals surface area contributed by atoms with Crippen molar-refractivity contribution < 1.29 is 17.9 Å². The summed E-state index contributed by atoms with van der Waals surface area (Å²) < 4.78 is 34.5. The third kappa shape index (κ3) is 5.73. The van der Waals surface area contributed by atoms with Crippen LogP contribution >= 0.6 is 11.3 Å². The van der Waals surface area contributed by atoms with Gasteiger partial charge in [0.15, 0.2) is 5.13 Å². The third-order valence-corrected chi connectivity index (χ3v) is 8.79. The summed E-state index contributed by atoms with van der Waals surface area (Å²) >= 11 is 1.48. The van der Waals surface area contributed by atoms with Crippen LogP contribution in [0.15, 0.2) is 47.4 Å². The lowest BCUT2D eigenvalue weighted by Gasteiger charge is -2.34. The van der Waals surface area contributed by atoms with Gasteiger partial charge in [0.25, 0.3) is 5.91 Å². The minimum Gasteiger partial charge on any atom is -0.373 e. The Morgan fingerprint density at radius 2 is 1.74 bits per heavy atom. The summed E-state index contributed by atoms with van der Waals surface area (Å²) in [5.74, 6) is -0.208. The van der Waals surface area contributed by atoms with E-state index in [2.05, 4.69) is 6.07 Å². The van der Waals surface area contributed by atoms with Crippen molar-refractivity contribution in [3.05, 3.63) is 53.6 Å². The van der Waals surface area contributed by atoms with E-state index >= 15 is 0 Å². The average molecular weight is 517 g/mol. The summed E-state index contributed by atoms with van der Waals surface area (Å²) in [5.41, 5.74) is 2.41. The smallest absolute Gasteiger partial charge is 0.260 e. The van der Waals surface area contributed by atoms with Gasteiger partial charge in [-0.25, -0.2) is 13.4 Å². The Labute approximate surface area is 211 Å². The topological polar surface area (TPSA) is 83.1 Å². The van der Waals surface area contributed by atoms with Crippen LogP contribution in [0.4, 0.5) is 5.13 Å². The van der Waals surface area contributed by atoms with Gasteiger partial charge in [0, 0.05) is 31.7 Å². The van der Waals surface area contributed by atoms with Crippen molar-refractivity contribution in [1.29, 1.82) is 0 Å². The Bertz CT molecular complexity index is 1290. The van der Waals surface area contributed by atoms with Crippen LogP contribution in [0.3, 0.4) is 0 Å². The van der Waals surface area contributed by atoms with Gasteiger partial charge in [0.1, 0.15) is 0 Å². The lowest BCUT2D eigenvalue weighted by atomic mass is 10.2. The summed E-state index contributed by atoms with van der Waals surface area (Å²) in [6.07, 6.45) is -0.338. The Hall–Kier alpha value is -2.37. The molecule has 3 aromatic rings. The number of hydrogen-bond acceptors (Lipinski definition) is 7. The van der Waals surface area contributed by atoms with E-state index in [1.54, 1.807) is 17.0 Å². The molecule has 0 saturated carbocycles. The molecule has 1 amide bonds. The van der Waals surface area contributed by atoms with Crippen LogP contribution in [0.25, 0.3) is 10.2 Å². The van der Waals surface area contributed by atoms with Crippen LogP contribution in [0.1, 0.15) is 29.8 Å². The van der Waals surface area contributed by atoms with E-state index in [1.807, 2.05) is 51.9 Å². The number of aryl methyl sites for hydroxylation is 1. The first-order chi connectivity index (χ1) is 16.5. The van der Waals surface area contributed by atoms with Gasteiger partial charge in [-0.2, -0.15) is 4.31 Å². The number of benzene rings is 2. The van der Waals surface area contributed by atoms with Crippen LogP contribution in [-0.2, 0) is 14.8 Å². The second kappa shape index (κ2) is 10.3.